The van der Waals surface area contributed by atoms with Gasteiger partial charge in [0.15, 0.2) is 11.9 Å². The SMILES string of the molecule is Cc1cccc(C2c3cc(OC(C)C(=O)N4CCSCC4)ccc3CCN2C(=O)c2ccco2)c1. The zero-order valence-corrected chi connectivity index (χ0v) is 20.9. The molecule has 1 aromatic heterocycles. The minimum Gasteiger partial charge on any atom is -0.481 e. The van der Waals surface area contributed by atoms with E-state index >= 15 is 0 Å². The summed E-state index contributed by atoms with van der Waals surface area (Å²) in [6, 6.07) is 17.4. The highest BCUT2D eigenvalue weighted by Gasteiger charge is 2.34. The minimum absolute atomic E-state index is 0.0212. The van der Waals surface area contributed by atoms with Gasteiger partial charge >= 0.3 is 0 Å². The lowest BCUT2D eigenvalue weighted by Gasteiger charge is -2.37. The molecule has 1 saturated heterocycles. The summed E-state index contributed by atoms with van der Waals surface area (Å²) < 4.78 is 11.6. The van der Waals surface area contributed by atoms with E-state index in [1.165, 1.54) is 11.8 Å². The first-order chi connectivity index (χ1) is 17.0. The second-order valence-corrected chi connectivity index (χ2v) is 10.3. The van der Waals surface area contributed by atoms with Crippen LogP contribution < -0.4 is 4.74 Å². The minimum atomic E-state index is -0.571. The molecule has 35 heavy (non-hydrogen) atoms. The molecule has 5 rings (SSSR count). The number of ether oxygens (including phenoxy) is 1. The molecule has 3 heterocycles. The van der Waals surface area contributed by atoms with Gasteiger partial charge in [-0.3, -0.25) is 9.59 Å². The van der Waals surface area contributed by atoms with Crippen LogP contribution in [0.5, 0.6) is 5.75 Å². The first-order valence-corrected chi connectivity index (χ1v) is 13.2. The Bertz CT molecular complexity index is 1200. The zero-order chi connectivity index (χ0) is 24.4. The lowest BCUT2D eigenvalue weighted by molar-refractivity contribution is -0.137. The molecule has 182 valence electrons. The van der Waals surface area contributed by atoms with E-state index in [1.807, 2.05) is 46.7 Å². The van der Waals surface area contributed by atoms with E-state index in [4.69, 9.17) is 9.15 Å². The van der Waals surface area contributed by atoms with Gasteiger partial charge in [0.2, 0.25) is 0 Å². The van der Waals surface area contributed by atoms with Crippen molar-refractivity contribution in [2.24, 2.45) is 0 Å². The number of rotatable bonds is 5. The Balaban J connectivity index is 1.47. The third kappa shape index (κ3) is 4.96. The molecule has 2 atom stereocenters. The van der Waals surface area contributed by atoms with Crippen LogP contribution in [0.25, 0.3) is 0 Å². The summed E-state index contributed by atoms with van der Waals surface area (Å²) in [4.78, 5) is 30.1. The molecular formula is C28H30N2O4S. The second kappa shape index (κ2) is 10.2. The maximum Gasteiger partial charge on any atom is 0.290 e. The molecule has 2 aliphatic rings. The molecule has 2 unspecified atom stereocenters. The first kappa shape index (κ1) is 23.5. The Labute approximate surface area is 210 Å². The highest BCUT2D eigenvalue weighted by atomic mass is 32.2. The van der Waals surface area contributed by atoms with Gasteiger partial charge in [0.1, 0.15) is 5.75 Å². The average molecular weight is 491 g/mol. The summed E-state index contributed by atoms with van der Waals surface area (Å²) >= 11 is 1.87. The van der Waals surface area contributed by atoms with Crippen LogP contribution >= 0.6 is 11.8 Å². The molecule has 7 heteroatoms. The molecule has 0 radical (unpaired) electrons. The number of carbonyl (C=O) groups is 2. The number of nitrogens with zero attached hydrogens (tertiary/aromatic N) is 2. The normalized spacial score (nSPS) is 18.6. The standard InChI is InChI=1S/C28H30N2O4S/c1-19-5-3-6-22(17-19)26-24-18-23(34-20(2)27(31)29-12-15-35-16-13-29)9-8-21(24)10-11-30(26)28(32)25-7-4-14-33-25/h3-9,14,17-18,20,26H,10-13,15-16H2,1-2H3. The van der Waals surface area contributed by atoms with Crippen LogP contribution in [0.15, 0.2) is 65.3 Å². The number of thioether (sulfide) groups is 1. The van der Waals surface area contributed by atoms with Crippen molar-refractivity contribution in [3.63, 3.8) is 0 Å². The summed E-state index contributed by atoms with van der Waals surface area (Å²) in [6.45, 7) is 5.99. The molecule has 0 spiro atoms. The quantitative estimate of drug-likeness (QED) is 0.518. The topological polar surface area (TPSA) is 63.0 Å². The summed E-state index contributed by atoms with van der Waals surface area (Å²) in [5.41, 5.74) is 4.37. The smallest absolute Gasteiger partial charge is 0.290 e. The predicted octanol–water partition coefficient (Wildman–Crippen LogP) is 4.72. The monoisotopic (exact) mass is 490 g/mol. The number of aryl methyl sites for hydroxylation is 1. The number of carbonyl (C=O) groups excluding carboxylic acids is 2. The highest BCUT2D eigenvalue weighted by Crippen LogP contribution is 2.38. The second-order valence-electron chi connectivity index (χ2n) is 9.10. The molecule has 2 aliphatic heterocycles. The number of hydrogen-bond acceptors (Lipinski definition) is 5. The number of benzene rings is 2. The van der Waals surface area contributed by atoms with Crippen molar-refractivity contribution in [3.8, 4) is 5.75 Å². The molecule has 0 aliphatic carbocycles. The van der Waals surface area contributed by atoms with Gasteiger partial charge in [0.25, 0.3) is 11.8 Å². The summed E-state index contributed by atoms with van der Waals surface area (Å²) in [5.74, 6) is 2.79. The fourth-order valence-electron chi connectivity index (χ4n) is 4.92. The van der Waals surface area contributed by atoms with E-state index in [0.717, 1.165) is 47.7 Å². The van der Waals surface area contributed by atoms with Crippen LogP contribution in [-0.2, 0) is 11.2 Å². The number of fused-ring (bicyclic) bond motifs is 1. The largest absolute Gasteiger partial charge is 0.481 e. The van der Waals surface area contributed by atoms with Crippen LogP contribution in [0.4, 0.5) is 0 Å². The van der Waals surface area contributed by atoms with Crippen molar-refractivity contribution in [2.75, 3.05) is 31.1 Å². The summed E-state index contributed by atoms with van der Waals surface area (Å²) in [7, 11) is 0. The summed E-state index contributed by atoms with van der Waals surface area (Å²) in [5, 5.41) is 0. The predicted molar refractivity (Wildman–Crippen MR) is 137 cm³/mol. The average Bonchev–Trinajstić information content (AvgIpc) is 3.43. The van der Waals surface area contributed by atoms with Gasteiger partial charge in [-0.1, -0.05) is 35.9 Å². The molecule has 2 amide bonds. The van der Waals surface area contributed by atoms with Crippen molar-refractivity contribution in [3.05, 3.63) is 88.9 Å². The molecular weight excluding hydrogens is 460 g/mol. The van der Waals surface area contributed by atoms with Gasteiger partial charge in [0.05, 0.1) is 12.3 Å². The molecule has 0 bridgehead atoms. The molecule has 6 nitrogen and oxygen atoms in total. The van der Waals surface area contributed by atoms with Crippen LogP contribution in [-0.4, -0.2) is 58.9 Å². The third-order valence-corrected chi connectivity index (χ3v) is 7.62. The van der Waals surface area contributed by atoms with Gasteiger partial charge in [-0.05, 0) is 61.2 Å². The number of amides is 2. The Kier molecular flexibility index (Phi) is 6.86. The Hall–Kier alpha value is -3.19. The van der Waals surface area contributed by atoms with E-state index < -0.39 is 6.10 Å². The van der Waals surface area contributed by atoms with Crippen LogP contribution in [0, 0.1) is 6.92 Å². The molecule has 0 N–H and O–H groups in total. The fraction of sp³-hybridized carbons (Fsp3) is 0.357. The fourth-order valence-corrected chi connectivity index (χ4v) is 5.83. The zero-order valence-electron chi connectivity index (χ0n) is 20.1. The van der Waals surface area contributed by atoms with Crippen LogP contribution in [0.1, 0.15) is 45.8 Å². The van der Waals surface area contributed by atoms with Gasteiger partial charge in [-0.25, -0.2) is 0 Å². The van der Waals surface area contributed by atoms with Crippen molar-refractivity contribution in [1.29, 1.82) is 0 Å². The molecule has 3 aromatic rings. The highest BCUT2D eigenvalue weighted by molar-refractivity contribution is 7.99. The third-order valence-electron chi connectivity index (χ3n) is 6.68. The van der Waals surface area contributed by atoms with Crippen molar-refractivity contribution in [1.82, 2.24) is 9.80 Å². The Morgan fingerprint density at radius 2 is 1.89 bits per heavy atom. The Morgan fingerprint density at radius 3 is 2.63 bits per heavy atom. The van der Waals surface area contributed by atoms with E-state index in [9.17, 15) is 9.59 Å². The van der Waals surface area contributed by atoms with Gasteiger partial charge in [-0.15, -0.1) is 0 Å². The van der Waals surface area contributed by atoms with E-state index in [-0.39, 0.29) is 17.9 Å². The Morgan fingerprint density at radius 1 is 1.06 bits per heavy atom. The van der Waals surface area contributed by atoms with Gasteiger partial charge in [0, 0.05) is 31.1 Å². The molecule has 0 saturated carbocycles. The van der Waals surface area contributed by atoms with Crippen molar-refractivity contribution < 1.29 is 18.7 Å². The maximum absolute atomic E-state index is 13.4. The van der Waals surface area contributed by atoms with Crippen molar-refractivity contribution >= 4 is 23.6 Å². The van der Waals surface area contributed by atoms with E-state index in [0.29, 0.717) is 18.1 Å². The van der Waals surface area contributed by atoms with Crippen LogP contribution in [0.2, 0.25) is 0 Å². The van der Waals surface area contributed by atoms with E-state index in [2.05, 4.69) is 31.2 Å². The molecule has 2 aromatic carbocycles. The maximum atomic E-state index is 13.4. The first-order valence-electron chi connectivity index (χ1n) is 12.1. The lowest BCUT2D eigenvalue weighted by Crippen LogP contribution is -2.44. The lowest BCUT2D eigenvalue weighted by atomic mass is 9.87. The van der Waals surface area contributed by atoms with Gasteiger partial charge < -0.3 is 19.0 Å². The van der Waals surface area contributed by atoms with Crippen molar-refractivity contribution in [2.45, 2.75) is 32.4 Å². The van der Waals surface area contributed by atoms with Crippen LogP contribution in [0.3, 0.4) is 0 Å². The number of hydrogen-bond donors (Lipinski definition) is 0. The number of furan rings is 1. The van der Waals surface area contributed by atoms with Gasteiger partial charge in [-0.2, -0.15) is 11.8 Å². The molecule has 1 fully saturated rings. The summed E-state index contributed by atoms with van der Waals surface area (Å²) in [6.07, 6.45) is 1.70. The van der Waals surface area contributed by atoms with E-state index in [1.54, 1.807) is 12.1 Å².